The molecule has 0 bridgehead atoms. The van der Waals surface area contributed by atoms with Gasteiger partial charge in [0.15, 0.2) is 0 Å². The molecule has 1 amide bonds. The highest BCUT2D eigenvalue weighted by molar-refractivity contribution is 7.13. The summed E-state index contributed by atoms with van der Waals surface area (Å²) in [7, 11) is 0. The Balaban J connectivity index is 1.73. The molecule has 106 valence electrons. The van der Waals surface area contributed by atoms with Crippen LogP contribution in [0.5, 0.6) is 0 Å². The number of pyridine rings is 1. The summed E-state index contributed by atoms with van der Waals surface area (Å²) in [6, 6.07) is 7.02. The summed E-state index contributed by atoms with van der Waals surface area (Å²) in [5.41, 5.74) is 0.553. The fourth-order valence-corrected chi connectivity index (χ4v) is 2.32. The average molecular weight is 302 g/mol. The van der Waals surface area contributed by atoms with E-state index in [9.17, 15) is 9.59 Å². The molecule has 21 heavy (non-hydrogen) atoms. The predicted octanol–water partition coefficient (Wildman–Crippen LogP) is 1.60. The molecule has 8 heteroatoms. The van der Waals surface area contributed by atoms with Crippen molar-refractivity contribution in [1.82, 2.24) is 14.8 Å². The van der Waals surface area contributed by atoms with Crippen LogP contribution >= 0.6 is 11.3 Å². The Morgan fingerprint density at radius 3 is 3.00 bits per heavy atom. The fraction of sp³-hybridized carbons (Fsp3) is 0.0769. The van der Waals surface area contributed by atoms with Gasteiger partial charge in [-0.3, -0.25) is 9.78 Å². The molecule has 0 saturated heterocycles. The molecule has 0 aliphatic carbocycles. The highest BCUT2D eigenvalue weighted by Crippen LogP contribution is 2.20. The van der Waals surface area contributed by atoms with Gasteiger partial charge in [-0.05, 0) is 23.6 Å². The summed E-state index contributed by atoms with van der Waals surface area (Å²) in [6.07, 6.45) is 3.12. The normalized spacial score (nSPS) is 10.5. The molecule has 0 fully saturated rings. The van der Waals surface area contributed by atoms with Gasteiger partial charge in [-0.15, -0.1) is 16.4 Å². The van der Waals surface area contributed by atoms with Crippen molar-refractivity contribution in [2.75, 3.05) is 5.32 Å². The molecular formula is C13H10N4O3S. The van der Waals surface area contributed by atoms with Gasteiger partial charge in [0, 0.05) is 6.20 Å². The zero-order chi connectivity index (χ0) is 14.7. The second-order valence-electron chi connectivity index (χ2n) is 4.10. The van der Waals surface area contributed by atoms with Gasteiger partial charge in [0.1, 0.15) is 6.54 Å². The van der Waals surface area contributed by atoms with Gasteiger partial charge in [0.25, 0.3) is 5.89 Å². The lowest BCUT2D eigenvalue weighted by molar-refractivity contribution is -0.117. The third kappa shape index (κ3) is 3.06. The summed E-state index contributed by atoms with van der Waals surface area (Å²) < 4.78 is 6.01. The molecule has 7 nitrogen and oxygen atoms in total. The van der Waals surface area contributed by atoms with Crippen molar-refractivity contribution in [3.05, 3.63) is 52.6 Å². The lowest BCUT2D eigenvalue weighted by atomic mass is 10.4. The minimum absolute atomic E-state index is 0.212. The Kier molecular flexibility index (Phi) is 3.61. The maximum Gasteiger partial charge on any atom is 0.437 e. The molecule has 3 rings (SSSR count). The molecule has 3 aromatic heterocycles. The number of aromatic nitrogens is 3. The third-order valence-corrected chi connectivity index (χ3v) is 3.43. The van der Waals surface area contributed by atoms with Crippen molar-refractivity contribution in [1.29, 1.82) is 0 Å². The van der Waals surface area contributed by atoms with Crippen LogP contribution in [-0.2, 0) is 11.3 Å². The number of nitrogens with zero attached hydrogens (tertiary/aromatic N) is 3. The molecule has 0 aromatic carbocycles. The van der Waals surface area contributed by atoms with E-state index in [4.69, 9.17) is 4.42 Å². The molecule has 0 atom stereocenters. The first-order valence-electron chi connectivity index (χ1n) is 6.04. The standard InChI is InChI=1S/C13H10N4O3S/c18-11(15-9-3-1-5-14-7-9)8-17-13(19)20-12(16-17)10-4-2-6-21-10/h1-7H,8H2,(H,15,18). The van der Waals surface area contributed by atoms with Gasteiger partial charge in [-0.1, -0.05) is 6.07 Å². The maximum atomic E-state index is 11.9. The van der Waals surface area contributed by atoms with Crippen molar-refractivity contribution >= 4 is 22.9 Å². The van der Waals surface area contributed by atoms with E-state index in [0.717, 1.165) is 9.56 Å². The first-order valence-corrected chi connectivity index (χ1v) is 6.92. The highest BCUT2D eigenvalue weighted by atomic mass is 32.1. The summed E-state index contributed by atoms with van der Waals surface area (Å²) in [5.74, 6) is -0.833. The number of anilines is 1. The molecule has 0 radical (unpaired) electrons. The van der Waals surface area contributed by atoms with E-state index < -0.39 is 5.76 Å². The quantitative estimate of drug-likeness (QED) is 0.790. The van der Waals surface area contributed by atoms with E-state index in [1.807, 2.05) is 11.4 Å². The minimum Gasteiger partial charge on any atom is -0.387 e. The van der Waals surface area contributed by atoms with E-state index in [1.54, 1.807) is 24.4 Å². The van der Waals surface area contributed by atoms with Crippen molar-refractivity contribution in [3.63, 3.8) is 0 Å². The number of carbonyl (C=O) groups is 1. The van der Waals surface area contributed by atoms with Crippen LogP contribution in [0.3, 0.4) is 0 Å². The summed E-state index contributed by atoms with van der Waals surface area (Å²) in [4.78, 5) is 28.1. The monoisotopic (exact) mass is 302 g/mol. The van der Waals surface area contributed by atoms with E-state index in [-0.39, 0.29) is 18.3 Å². The Hall–Kier alpha value is -2.74. The number of nitrogens with one attached hydrogen (secondary N) is 1. The fourth-order valence-electron chi connectivity index (χ4n) is 1.68. The second-order valence-corrected chi connectivity index (χ2v) is 5.05. The lowest BCUT2D eigenvalue weighted by Gasteiger charge is -2.02. The van der Waals surface area contributed by atoms with Crippen LogP contribution in [0, 0.1) is 0 Å². The van der Waals surface area contributed by atoms with Crippen molar-refractivity contribution < 1.29 is 9.21 Å². The molecule has 0 spiro atoms. The van der Waals surface area contributed by atoms with Gasteiger partial charge in [0.05, 0.1) is 16.8 Å². The molecule has 3 aromatic rings. The van der Waals surface area contributed by atoms with Gasteiger partial charge in [-0.2, -0.15) is 4.68 Å². The number of carbonyl (C=O) groups excluding carboxylic acids is 1. The van der Waals surface area contributed by atoms with E-state index in [2.05, 4.69) is 15.4 Å². The molecule has 3 heterocycles. The zero-order valence-corrected chi connectivity index (χ0v) is 11.5. The van der Waals surface area contributed by atoms with Crippen LogP contribution in [-0.4, -0.2) is 20.7 Å². The van der Waals surface area contributed by atoms with Crippen LogP contribution in [0.2, 0.25) is 0 Å². The Bertz CT molecular complexity index is 792. The maximum absolute atomic E-state index is 11.9. The SMILES string of the molecule is O=C(Cn1nc(-c2cccs2)oc1=O)Nc1cccnc1. The zero-order valence-electron chi connectivity index (χ0n) is 10.7. The predicted molar refractivity (Wildman–Crippen MR) is 76.9 cm³/mol. The van der Waals surface area contributed by atoms with Gasteiger partial charge in [-0.25, -0.2) is 4.79 Å². The highest BCUT2D eigenvalue weighted by Gasteiger charge is 2.13. The van der Waals surface area contributed by atoms with Crippen molar-refractivity contribution in [2.24, 2.45) is 0 Å². The molecule has 0 unspecified atom stereocenters. The summed E-state index contributed by atoms with van der Waals surface area (Å²) in [5, 5.41) is 8.48. The topological polar surface area (TPSA) is 90.0 Å². The van der Waals surface area contributed by atoms with Crippen LogP contribution in [0.1, 0.15) is 0 Å². The lowest BCUT2D eigenvalue weighted by Crippen LogP contribution is -2.25. The van der Waals surface area contributed by atoms with Crippen LogP contribution in [0.4, 0.5) is 5.69 Å². The summed E-state index contributed by atoms with van der Waals surface area (Å²) >= 11 is 1.40. The Morgan fingerprint density at radius 2 is 2.29 bits per heavy atom. The smallest absolute Gasteiger partial charge is 0.387 e. The van der Waals surface area contributed by atoms with E-state index in [1.165, 1.54) is 17.5 Å². The molecule has 0 saturated carbocycles. The van der Waals surface area contributed by atoms with Crippen molar-refractivity contribution in [3.8, 4) is 10.8 Å². The molecule has 1 N–H and O–H groups in total. The number of rotatable bonds is 4. The Morgan fingerprint density at radius 1 is 1.38 bits per heavy atom. The number of thiophene rings is 1. The number of hydrogen-bond acceptors (Lipinski definition) is 6. The van der Waals surface area contributed by atoms with E-state index >= 15 is 0 Å². The molecule has 0 aliphatic rings. The third-order valence-electron chi connectivity index (χ3n) is 2.58. The summed E-state index contributed by atoms with van der Waals surface area (Å²) in [6.45, 7) is -0.220. The Labute approximate surface area is 122 Å². The van der Waals surface area contributed by atoms with Gasteiger partial charge in [0.2, 0.25) is 5.91 Å². The van der Waals surface area contributed by atoms with Crippen LogP contribution < -0.4 is 11.1 Å². The van der Waals surface area contributed by atoms with E-state index in [0.29, 0.717) is 5.69 Å². The number of amides is 1. The first kappa shape index (κ1) is 13.3. The van der Waals surface area contributed by atoms with Crippen LogP contribution in [0.15, 0.2) is 51.3 Å². The number of hydrogen-bond donors (Lipinski definition) is 1. The first-order chi connectivity index (χ1) is 10.2. The second kappa shape index (κ2) is 5.71. The molecular weight excluding hydrogens is 292 g/mol. The van der Waals surface area contributed by atoms with Crippen LogP contribution in [0.25, 0.3) is 10.8 Å². The van der Waals surface area contributed by atoms with Crippen molar-refractivity contribution in [2.45, 2.75) is 6.54 Å². The largest absolute Gasteiger partial charge is 0.437 e. The van der Waals surface area contributed by atoms with Gasteiger partial charge >= 0.3 is 5.76 Å². The minimum atomic E-state index is -0.667. The van der Waals surface area contributed by atoms with Gasteiger partial charge < -0.3 is 9.73 Å². The molecule has 0 aliphatic heterocycles. The average Bonchev–Trinajstić information content (AvgIpc) is 3.10.